The number of piperidine rings is 2. The Morgan fingerprint density at radius 3 is 2.14 bits per heavy atom. The number of alkyl halides is 4. The van der Waals surface area contributed by atoms with Crippen molar-refractivity contribution in [1.82, 2.24) is 9.80 Å². The van der Waals surface area contributed by atoms with E-state index in [9.17, 15) is 18.0 Å². The maximum Gasteiger partial charge on any atom is 0.416 e. The van der Waals surface area contributed by atoms with Crippen molar-refractivity contribution in [3.05, 3.63) is 106 Å². The molecule has 5 nitrogen and oxygen atoms in total. The zero-order valence-electron chi connectivity index (χ0n) is 23.9. The molecular formula is C34H35F4N3O2. The van der Waals surface area contributed by atoms with Crippen LogP contribution in [-0.2, 0) is 19.3 Å². The smallest absolute Gasteiger partial charge is 0.416 e. The summed E-state index contributed by atoms with van der Waals surface area (Å²) in [6.45, 7) is 10.8. The van der Waals surface area contributed by atoms with Crippen molar-refractivity contribution in [1.29, 1.82) is 0 Å². The second-order valence-corrected chi connectivity index (χ2v) is 11.5. The first-order chi connectivity index (χ1) is 20.7. The van der Waals surface area contributed by atoms with Gasteiger partial charge in [-0.2, -0.15) is 13.2 Å². The SMILES string of the molecule is [C-]#[N+]c1ccc(CN2CCC(CC(=O)c3cccc(O[C@@H]4CCN(Cc5ccc(C(F)(F)F)cc5)C[C@H]4F)c3)CC2)cc1. The molecule has 2 atom stereocenters. The van der Waals surface area contributed by atoms with Crippen molar-refractivity contribution in [2.75, 3.05) is 26.2 Å². The first-order valence-corrected chi connectivity index (χ1v) is 14.7. The van der Waals surface area contributed by atoms with E-state index in [1.165, 1.54) is 17.7 Å². The van der Waals surface area contributed by atoms with Crippen molar-refractivity contribution >= 4 is 11.5 Å². The van der Waals surface area contributed by atoms with Crippen LogP contribution in [-0.4, -0.2) is 54.0 Å². The number of carbonyl (C=O) groups is 1. The van der Waals surface area contributed by atoms with Gasteiger partial charge in [0.25, 0.3) is 0 Å². The second-order valence-electron chi connectivity index (χ2n) is 11.5. The van der Waals surface area contributed by atoms with Crippen LogP contribution in [0.4, 0.5) is 23.2 Å². The Kier molecular flexibility index (Phi) is 9.79. The highest BCUT2D eigenvalue weighted by atomic mass is 19.4. The molecule has 5 rings (SSSR count). The van der Waals surface area contributed by atoms with E-state index >= 15 is 4.39 Å². The van der Waals surface area contributed by atoms with E-state index in [0.29, 0.717) is 54.4 Å². The number of benzene rings is 3. The summed E-state index contributed by atoms with van der Waals surface area (Å²) in [7, 11) is 0. The third-order valence-corrected chi connectivity index (χ3v) is 8.35. The molecule has 0 radical (unpaired) electrons. The van der Waals surface area contributed by atoms with E-state index in [1.54, 1.807) is 24.3 Å². The average molecular weight is 594 g/mol. The lowest BCUT2D eigenvalue weighted by atomic mass is 9.89. The van der Waals surface area contributed by atoms with Gasteiger partial charge in [-0.1, -0.05) is 48.5 Å². The number of hydrogen-bond donors (Lipinski definition) is 0. The van der Waals surface area contributed by atoms with Crippen LogP contribution in [0, 0.1) is 12.5 Å². The summed E-state index contributed by atoms with van der Waals surface area (Å²) in [5.41, 5.74) is 2.38. The van der Waals surface area contributed by atoms with Crippen molar-refractivity contribution in [2.45, 2.75) is 57.2 Å². The number of ketones is 1. The molecule has 3 aromatic carbocycles. The van der Waals surface area contributed by atoms with Gasteiger partial charge in [-0.3, -0.25) is 14.6 Å². The van der Waals surface area contributed by atoms with Gasteiger partial charge in [0.15, 0.2) is 11.5 Å². The fourth-order valence-electron chi connectivity index (χ4n) is 5.86. The zero-order valence-corrected chi connectivity index (χ0v) is 23.9. The van der Waals surface area contributed by atoms with Gasteiger partial charge in [-0.15, -0.1) is 0 Å². The van der Waals surface area contributed by atoms with E-state index in [2.05, 4.69) is 9.74 Å². The Bertz CT molecular complexity index is 1410. The van der Waals surface area contributed by atoms with E-state index in [1.807, 2.05) is 29.2 Å². The maximum absolute atomic E-state index is 15.1. The monoisotopic (exact) mass is 593 g/mol. The van der Waals surface area contributed by atoms with E-state index in [-0.39, 0.29) is 12.3 Å². The molecule has 3 aromatic rings. The largest absolute Gasteiger partial charge is 0.487 e. The zero-order chi connectivity index (χ0) is 30.4. The van der Waals surface area contributed by atoms with E-state index in [0.717, 1.165) is 44.6 Å². The molecule has 226 valence electrons. The number of carbonyl (C=O) groups excluding carboxylic acids is 1. The van der Waals surface area contributed by atoms with Gasteiger partial charge in [0.1, 0.15) is 18.0 Å². The molecular weight excluding hydrogens is 558 g/mol. The predicted octanol–water partition coefficient (Wildman–Crippen LogP) is 7.73. The summed E-state index contributed by atoms with van der Waals surface area (Å²) in [5, 5.41) is 0. The highest BCUT2D eigenvalue weighted by molar-refractivity contribution is 5.96. The van der Waals surface area contributed by atoms with Crippen LogP contribution >= 0.6 is 0 Å². The minimum Gasteiger partial charge on any atom is -0.487 e. The molecule has 2 fully saturated rings. The van der Waals surface area contributed by atoms with Gasteiger partial charge < -0.3 is 4.74 Å². The van der Waals surface area contributed by atoms with Crippen LogP contribution in [0.3, 0.4) is 0 Å². The summed E-state index contributed by atoms with van der Waals surface area (Å²) in [6, 6.07) is 19.6. The first kappa shape index (κ1) is 30.7. The number of nitrogens with zero attached hydrogens (tertiary/aromatic N) is 3. The Morgan fingerprint density at radius 2 is 1.51 bits per heavy atom. The standard InChI is InChI=1S/C34H35F4N3O2/c1-39-29-11-7-26(8-12-29)21-40-16-13-24(14-17-40)19-32(42)27-3-2-4-30(20-27)43-33-15-18-41(23-31(33)35)22-25-5-9-28(10-6-25)34(36,37)38/h2-12,20,24,31,33H,13-19,21-23H2/t31-,33-/m1/s1. The Hall–Kier alpha value is -3.74. The molecule has 0 N–H and O–H groups in total. The highest BCUT2D eigenvalue weighted by Crippen LogP contribution is 2.30. The van der Waals surface area contributed by atoms with Crippen LogP contribution in [0.25, 0.3) is 4.85 Å². The number of rotatable bonds is 9. The number of likely N-dealkylation sites (tertiary alicyclic amines) is 2. The molecule has 0 unspecified atom stereocenters. The summed E-state index contributed by atoms with van der Waals surface area (Å²) >= 11 is 0. The quantitative estimate of drug-likeness (QED) is 0.145. The van der Waals surface area contributed by atoms with Crippen LogP contribution in [0.5, 0.6) is 5.75 Å². The van der Waals surface area contributed by atoms with E-state index < -0.39 is 24.0 Å². The normalized spacial score (nSPS) is 20.4. The fraction of sp³-hybridized carbons (Fsp3) is 0.412. The summed E-state index contributed by atoms with van der Waals surface area (Å²) < 4.78 is 59.5. The fourth-order valence-corrected chi connectivity index (χ4v) is 5.86. The average Bonchev–Trinajstić information content (AvgIpc) is 3.00. The molecule has 0 saturated carbocycles. The van der Waals surface area contributed by atoms with Crippen molar-refractivity contribution in [3.8, 4) is 5.75 Å². The molecule has 43 heavy (non-hydrogen) atoms. The molecule has 2 aliphatic rings. The summed E-state index contributed by atoms with van der Waals surface area (Å²) in [5.74, 6) is 0.831. The summed E-state index contributed by atoms with van der Waals surface area (Å²) in [4.78, 5) is 20.8. The molecule has 0 amide bonds. The van der Waals surface area contributed by atoms with Crippen molar-refractivity contribution < 1.29 is 27.1 Å². The second kappa shape index (κ2) is 13.7. The maximum atomic E-state index is 15.1. The van der Waals surface area contributed by atoms with Crippen molar-refractivity contribution in [2.24, 2.45) is 5.92 Å². The lowest BCUT2D eigenvalue weighted by molar-refractivity contribution is -0.137. The van der Waals surface area contributed by atoms with Gasteiger partial charge in [-0.25, -0.2) is 9.24 Å². The highest BCUT2D eigenvalue weighted by Gasteiger charge is 2.32. The lowest BCUT2D eigenvalue weighted by Gasteiger charge is -2.34. The van der Waals surface area contributed by atoms with Crippen LogP contribution in [0.15, 0.2) is 72.8 Å². The molecule has 2 saturated heterocycles. The third kappa shape index (κ3) is 8.43. The van der Waals surface area contributed by atoms with E-state index in [4.69, 9.17) is 11.3 Å². The molecule has 0 aliphatic carbocycles. The molecule has 9 heteroatoms. The van der Waals surface area contributed by atoms with Gasteiger partial charge in [0.2, 0.25) is 0 Å². The number of hydrogen-bond acceptors (Lipinski definition) is 4. The molecule has 2 heterocycles. The number of halogens is 4. The van der Waals surface area contributed by atoms with Crippen LogP contribution in [0.1, 0.15) is 52.7 Å². The van der Waals surface area contributed by atoms with Gasteiger partial charge in [0.05, 0.1) is 12.1 Å². The van der Waals surface area contributed by atoms with Gasteiger partial charge in [-0.05, 0) is 73.7 Å². The topological polar surface area (TPSA) is 37.1 Å². The minimum absolute atomic E-state index is 0.0572. The van der Waals surface area contributed by atoms with Crippen LogP contribution in [0.2, 0.25) is 0 Å². The number of Topliss-reactive ketones (excluding diaryl/α,β-unsaturated/α-hetero) is 1. The van der Waals surface area contributed by atoms with Gasteiger partial charge >= 0.3 is 6.18 Å². The summed E-state index contributed by atoms with van der Waals surface area (Å²) in [6.07, 6.45) is -3.52. The molecule has 0 spiro atoms. The molecule has 0 bridgehead atoms. The third-order valence-electron chi connectivity index (χ3n) is 8.35. The minimum atomic E-state index is -4.38. The lowest BCUT2D eigenvalue weighted by Crippen LogP contribution is -2.46. The van der Waals surface area contributed by atoms with Gasteiger partial charge in [0, 0.05) is 38.2 Å². The Labute approximate surface area is 249 Å². The van der Waals surface area contributed by atoms with Crippen molar-refractivity contribution in [3.63, 3.8) is 0 Å². The molecule has 2 aliphatic heterocycles. The first-order valence-electron chi connectivity index (χ1n) is 14.7. The predicted molar refractivity (Wildman–Crippen MR) is 157 cm³/mol. The molecule has 0 aromatic heterocycles. The number of ether oxygens (including phenoxy) is 1. The Morgan fingerprint density at radius 1 is 0.884 bits per heavy atom. The Balaban J connectivity index is 1.07. The van der Waals surface area contributed by atoms with Crippen LogP contribution < -0.4 is 4.74 Å².